The molecule has 4 rings (SSSR count). The Hall–Kier alpha value is -2.05. The summed E-state index contributed by atoms with van der Waals surface area (Å²) < 4.78 is 6.53. The number of rotatable bonds is 2. The number of nitrogens with zero attached hydrogens (tertiary/aromatic N) is 2. The fourth-order valence-electron chi connectivity index (χ4n) is 3.44. The summed E-state index contributed by atoms with van der Waals surface area (Å²) in [5.74, 6) is 0.362. The quantitative estimate of drug-likeness (QED) is 0.783. The fraction of sp³-hybridized carbons (Fsp3) is 0.368. The molecule has 0 N–H and O–H groups in total. The summed E-state index contributed by atoms with van der Waals surface area (Å²) in [6, 6.07) is 10.8. The summed E-state index contributed by atoms with van der Waals surface area (Å²) in [6.07, 6.45) is 2.51. The lowest BCUT2D eigenvalue weighted by molar-refractivity contribution is -0.139. The van der Waals surface area contributed by atoms with Crippen molar-refractivity contribution in [3.63, 3.8) is 0 Å². The Kier molecular flexibility index (Phi) is 4.87. The van der Waals surface area contributed by atoms with Gasteiger partial charge in [-0.25, -0.2) is 0 Å². The van der Waals surface area contributed by atoms with Gasteiger partial charge >= 0.3 is 0 Å². The highest BCUT2D eigenvalue weighted by Crippen LogP contribution is 2.35. The molecule has 0 radical (unpaired) electrons. The van der Waals surface area contributed by atoms with Crippen molar-refractivity contribution in [1.29, 1.82) is 0 Å². The fourth-order valence-corrected chi connectivity index (χ4v) is 4.43. The van der Waals surface area contributed by atoms with Crippen molar-refractivity contribution in [3.05, 3.63) is 45.6 Å². The average Bonchev–Trinajstić information content (AvgIpc) is 3.13. The minimum absolute atomic E-state index is 0.0405. The van der Waals surface area contributed by atoms with Crippen LogP contribution in [-0.4, -0.2) is 42.5 Å². The van der Waals surface area contributed by atoms with Crippen molar-refractivity contribution < 1.29 is 14.3 Å². The summed E-state index contributed by atoms with van der Waals surface area (Å²) in [7, 11) is 0. The van der Waals surface area contributed by atoms with Gasteiger partial charge in [-0.1, -0.05) is 23.7 Å². The first-order chi connectivity index (χ1) is 12.6. The van der Waals surface area contributed by atoms with Crippen LogP contribution in [0.15, 0.2) is 36.4 Å². The number of para-hydroxylation sites is 2. The molecule has 5 nitrogen and oxygen atoms in total. The van der Waals surface area contributed by atoms with Gasteiger partial charge in [-0.05, 0) is 43.5 Å². The molecule has 2 aromatic rings. The number of thiophene rings is 1. The van der Waals surface area contributed by atoms with Crippen LogP contribution in [0.4, 0.5) is 5.69 Å². The predicted molar refractivity (Wildman–Crippen MR) is 102 cm³/mol. The van der Waals surface area contributed by atoms with Crippen LogP contribution < -0.4 is 9.64 Å². The van der Waals surface area contributed by atoms with Gasteiger partial charge in [0.1, 0.15) is 5.75 Å². The third-order valence-electron chi connectivity index (χ3n) is 4.75. The van der Waals surface area contributed by atoms with Crippen molar-refractivity contribution >= 4 is 40.4 Å². The summed E-state index contributed by atoms with van der Waals surface area (Å²) in [4.78, 5) is 30.0. The lowest BCUT2D eigenvalue weighted by Crippen LogP contribution is -2.52. The predicted octanol–water partition coefficient (Wildman–Crippen LogP) is 3.82. The Balaban J connectivity index is 1.62. The van der Waals surface area contributed by atoms with Crippen molar-refractivity contribution in [2.45, 2.75) is 25.4 Å². The third kappa shape index (κ3) is 3.31. The SMILES string of the molecule is O=C([C@@H]1CN(C(=O)c2ccc(Cl)s2)c2ccccc2O1)N1CCCCC1. The average molecular weight is 391 g/mol. The van der Waals surface area contributed by atoms with Crippen LogP contribution in [0.25, 0.3) is 0 Å². The molecular formula is C19H19ClN2O3S. The van der Waals surface area contributed by atoms with Gasteiger partial charge in [-0.2, -0.15) is 0 Å². The maximum Gasteiger partial charge on any atom is 0.268 e. The zero-order chi connectivity index (χ0) is 18.1. The molecule has 1 fully saturated rings. The van der Waals surface area contributed by atoms with E-state index in [9.17, 15) is 9.59 Å². The van der Waals surface area contributed by atoms with Gasteiger partial charge < -0.3 is 9.64 Å². The van der Waals surface area contributed by atoms with Crippen LogP contribution in [0, 0.1) is 0 Å². The second kappa shape index (κ2) is 7.29. The Morgan fingerprint density at radius 3 is 2.58 bits per heavy atom. The molecule has 7 heteroatoms. The monoisotopic (exact) mass is 390 g/mol. The number of anilines is 1. The minimum Gasteiger partial charge on any atom is -0.476 e. The summed E-state index contributed by atoms with van der Waals surface area (Å²) in [5.41, 5.74) is 0.685. The van der Waals surface area contributed by atoms with E-state index >= 15 is 0 Å². The number of carbonyl (C=O) groups excluding carboxylic acids is 2. The molecule has 0 saturated carbocycles. The van der Waals surface area contributed by atoms with Gasteiger partial charge in [-0.15, -0.1) is 11.3 Å². The van der Waals surface area contributed by atoms with Crippen LogP contribution in [0.2, 0.25) is 4.34 Å². The van der Waals surface area contributed by atoms with Crippen molar-refractivity contribution in [1.82, 2.24) is 4.90 Å². The highest BCUT2D eigenvalue weighted by molar-refractivity contribution is 7.18. The van der Waals surface area contributed by atoms with Crippen LogP contribution in [0.3, 0.4) is 0 Å². The Morgan fingerprint density at radius 1 is 1.08 bits per heavy atom. The molecule has 26 heavy (non-hydrogen) atoms. The number of amides is 2. The third-order valence-corrected chi connectivity index (χ3v) is 5.97. The van der Waals surface area contributed by atoms with Crippen LogP contribution in [0.5, 0.6) is 5.75 Å². The van der Waals surface area contributed by atoms with Gasteiger partial charge in [0.25, 0.3) is 11.8 Å². The second-order valence-electron chi connectivity index (χ2n) is 6.48. The van der Waals surface area contributed by atoms with E-state index in [2.05, 4.69) is 0 Å². The molecule has 1 saturated heterocycles. The maximum atomic E-state index is 13.0. The molecule has 1 atom stereocenters. The van der Waals surface area contributed by atoms with E-state index < -0.39 is 6.10 Å². The van der Waals surface area contributed by atoms with Crippen molar-refractivity contribution in [2.24, 2.45) is 0 Å². The second-order valence-corrected chi connectivity index (χ2v) is 8.19. The molecule has 2 aliphatic heterocycles. The summed E-state index contributed by atoms with van der Waals surface area (Å²) >= 11 is 7.23. The molecule has 0 unspecified atom stereocenters. The highest BCUT2D eigenvalue weighted by Gasteiger charge is 2.36. The van der Waals surface area contributed by atoms with E-state index in [1.807, 2.05) is 23.1 Å². The number of carbonyl (C=O) groups is 2. The highest BCUT2D eigenvalue weighted by atomic mass is 35.5. The van der Waals surface area contributed by atoms with Crippen LogP contribution in [0.1, 0.15) is 28.9 Å². The largest absolute Gasteiger partial charge is 0.476 e. The van der Waals surface area contributed by atoms with Gasteiger partial charge in [-0.3, -0.25) is 14.5 Å². The molecular weight excluding hydrogens is 372 g/mol. The number of piperidine rings is 1. The number of ether oxygens (including phenoxy) is 1. The van der Waals surface area contributed by atoms with E-state index in [0.717, 1.165) is 32.4 Å². The first kappa shape index (κ1) is 17.4. The summed E-state index contributed by atoms with van der Waals surface area (Å²) in [5, 5.41) is 0. The minimum atomic E-state index is -0.678. The molecule has 0 spiro atoms. The standard InChI is InChI=1S/C19H19ClN2O3S/c20-17-9-8-16(26-17)19(24)22-12-15(18(23)21-10-4-1-5-11-21)25-14-7-3-2-6-13(14)22/h2-3,6-9,15H,1,4-5,10-12H2/t15-/m0/s1. The Bertz CT molecular complexity index is 832. The van der Waals surface area contributed by atoms with Crippen molar-refractivity contribution in [2.75, 3.05) is 24.5 Å². The first-order valence-corrected chi connectivity index (χ1v) is 9.94. The lowest BCUT2D eigenvalue weighted by Gasteiger charge is -2.37. The Labute approximate surface area is 161 Å². The zero-order valence-electron chi connectivity index (χ0n) is 14.2. The Morgan fingerprint density at radius 2 is 1.85 bits per heavy atom. The first-order valence-electron chi connectivity index (χ1n) is 8.75. The molecule has 3 heterocycles. The number of hydrogen-bond donors (Lipinski definition) is 0. The van der Waals surface area contributed by atoms with Gasteiger partial charge in [0, 0.05) is 13.1 Å². The maximum absolute atomic E-state index is 13.0. The smallest absolute Gasteiger partial charge is 0.268 e. The number of likely N-dealkylation sites (tertiary alicyclic amines) is 1. The normalized spacial score (nSPS) is 19.7. The molecule has 2 aliphatic rings. The van der Waals surface area contributed by atoms with E-state index in [0.29, 0.717) is 20.7 Å². The molecule has 1 aromatic carbocycles. The van der Waals surface area contributed by atoms with Gasteiger partial charge in [0.2, 0.25) is 0 Å². The number of fused-ring (bicyclic) bond motifs is 1. The molecule has 2 amide bonds. The van der Waals surface area contributed by atoms with E-state index in [-0.39, 0.29) is 18.4 Å². The van der Waals surface area contributed by atoms with E-state index in [1.54, 1.807) is 23.1 Å². The number of hydrogen-bond acceptors (Lipinski definition) is 4. The van der Waals surface area contributed by atoms with Crippen LogP contribution >= 0.6 is 22.9 Å². The molecule has 136 valence electrons. The van der Waals surface area contributed by atoms with E-state index in [1.165, 1.54) is 11.3 Å². The zero-order valence-corrected chi connectivity index (χ0v) is 15.8. The van der Waals surface area contributed by atoms with Gasteiger partial charge in [0.15, 0.2) is 6.10 Å². The van der Waals surface area contributed by atoms with Gasteiger partial charge in [0.05, 0.1) is 21.4 Å². The molecule has 1 aromatic heterocycles. The van der Waals surface area contributed by atoms with Crippen LogP contribution in [-0.2, 0) is 4.79 Å². The number of benzene rings is 1. The summed E-state index contributed by atoms with van der Waals surface area (Å²) in [6.45, 7) is 1.73. The number of halogens is 1. The van der Waals surface area contributed by atoms with Crippen molar-refractivity contribution in [3.8, 4) is 5.75 Å². The molecule has 0 bridgehead atoms. The molecule has 0 aliphatic carbocycles. The van der Waals surface area contributed by atoms with E-state index in [4.69, 9.17) is 16.3 Å². The topological polar surface area (TPSA) is 49.9 Å². The lowest BCUT2D eigenvalue weighted by atomic mass is 10.1.